The van der Waals surface area contributed by atoms with Crippen LogP contribution in [0.4, 0.5) is 5.82 Å². The predicted molar refractivity (Wildman–Crippen MR) is 329 cm³/mol. The van der Waals surface area contributed by atoms with Gasteiger partial charge in [0, 0.05) is 46.2 Å². The number of aromatic nitrogens is 4. The van der Waals surface area contributed by atoms with Gasteiger partial charge in [0.1, 0.15) is 54.2 Å². The highest BCUT2D eigenvalue weighted by Crippen LogP contribution is 2.51. The number of carbonyl (C=O) groups is 5. The number of hydrogen-bond donors (Lipinski definition) is 1. The molecular formula is C65H81N6O18P. The number of fused-ring (bicyclic) bond motifs is 1. The number of amides is 1. The van der Waals surface area contributed by atoms with Gasteiger partial charge in [0.15, 0.2) is 48.2 Å². The van der Waals surface area contributed by atoms with E-state index in [0.717, 1.165) is 43.0 Å². The number of anilines is 1. The minimum Gasteiger partial charge on any atom is -0.497 e. The molecule has 0 saturated carbocycles. The van der Waals surface area contributed by atoms with Crippen LogP contribution in [0.25, 0.3) is 11.2 Å². The van der Waals surface area contributed by atoms with E-state index >= 15 is 0 Å². The zero-order valence-corrected chi connectivity index (χ0v) is 53.7. The van der Waals surface area contributed by atoms with E-state index in [1.54, 1.807) is 25.1 Å². The van der Waals surface area contributed by atoms with Crippen molar-refractivity contribution in [2.45, 2.75) is 155 Å². The average Bonchev–Trinajstić information content (AvgIpc) is 1.01. The van der Waals surface area contributed by atoms with E-state index in [0.29, 0.717) is 34.3 Å². The number of rotatable bonds is 30. The van der Waals surface area contributed by atoms with Crippen LogP contribution in [0, 0.1) is 0 Å². The van der Waals surface area contributed by atoms with E-state index in [-0.39, 0.29) is 57.2 Å². The lowest BCUT2D eigenvalue weighted by atomic mass is 9.80. The highest BCUT2D eigenvalue weighted by Gasteiger charge is 2.53. The Labute approximate surface area is 525 Å². The molecular weight excluding hydrogens is 1180 g/mol. The minimum atomic E-state index is -1.93. The minimum absolute atomic E-state index is 0.0341. The summed E-state index contributed by atoms with van der Waals surface area (Å²) >= 11 is 0. The van der Waals surface area contributed by atoms with Crippen LogP contribution in [0.3, 0.4) is 0 Å². The van der Waals surface area contributed by atoms with E-state index in [1.165, 1.54) is 13.3 Å². The molecule has 24 nitrogen and oxygen atoms in total. The van der Waals surface area contributed by atoms with Crippen molar-refractivity contribution in [2.75, 3.05) is 52.6 Å². The fourth-order valence-electron chi connectivity index (χ4n) is 10.8. The Morgan fingerprint density at radius 2 is 1.26 bits per heavy atom. The highest BCUT2D eigenvalue weighted by atomic mass is 31.2. The molecule has 6 aromatic rings. The Bertz CT molecular complexity index is 3260. The Morgan fingerprint density at radius 1 is 0.667 bits per heavy atom. The SMILES string of the molecule is COc1ccc(C(OC[C@H]2O[C@@H](n3cnc4c(NC(=O)COc5ccc(C(C)C)cc5)ncnc43)C[C@@H]2OP(OCCCO[C@@H]2O[C@H](COC(C)=O)[C@@H](OC(C)=O)[C@H](OC(C)=O)[C@H]2OC(C)=O)N(C(C)C)C(C)C)(c2ccccc2)c2ccc(OC)cc2)cc1. The van der Waals surface area contributed by atoms with Gasteiger partial charge in [0.05, 0.1) is 46.5 Å². The smallest absolute Gasteiger partial charge is 0.303 e. The number of nitrogens with one attached hydrogen (secondary N) is 1. The summed E-state index contributed by atoms with van der Waals surface area (Å²) in [5, 5.41) is 2.85. The molecule has 0 aliphatic carbocycles. The quantitative estimate of drug-likeness (QED) is 0.0145. The van der Waals surface area contributed by atoms with Crippen molar-refractivity contribution in [3.63, 3.8) is 0 Å². The molecule has 2 aliphatic rings. The Morgan fingerprint density at radius 3 is 1.83 bits per heavy atom. The molecule has 2 fully saturated rings. The van der Waals surface area contributed by atoms with Gasteiger partial charge in [-0.05, 0) is 98.7 Å². The van der Waals surface area contributed by atoms with Crippen molar-refractivity contribution in [1.29, 1.82) is 0 Å². The third-order valence-electron chi connectivity index (χ3n) is 14.9. The first kappa shape index (κ1) is 68.2. The van der Waals surface area contributed by atoms with Crippen LogP contribution in [0.15, 0.2) is 116 Å². The average molecular weight is 1270 g/mol. The highest BCUT2D eigenvalue weighted by molar-refractivity contribution is 7.44. The third-order valence-corrected chi connectivity index (χ3v) is 17.0. The molecule has 0 bridgehead atoms. The van der Waals surface area contributed by atoms with Gasteiger partial charge in [0.25, 0.3) is 14.4 Å². The van der Waals surface area contributed by atoms with Crippen LogP contribution in [0.5, 0.6) is 17.2 Å². The fraction of sp³-hybridized carbons (Fsp3) is 0.477. The van der Waals surface area contributed by atoms with Crippen LogP contribution in [0.1, 0.15) is 116 Å². The number of esters is 4. The maximum atomic E-state index is 13.4. The summed E-state index contributed by atoms with van der Waals surface area (Å²) in [6.07, 6.45) is -5.59. The lowest BCUT2D eigenvalue weighted by molar-refractivity contribution is -0.308. The van der Waals surface area contributed by atoms with Crippen LogP contribution in [-0.4, -0.2) is 156 Å². The largest absolute Gasteiger partial charge is 0.497 e. The summed E-state index contributed by atoms with van der Waals surface area (Å²) in [7, 11) is 1.30. The maximum Gasteiger partial charge on any atom is 0.303 e. The number of carbonyl (C=O) groups excluding carboxylic acids is 5. The van der Waals surface area contributed by atoms with Gasteiger partial charge in [-0.2, -0.15) is 0 Å². The Hall–Kier alpha value is -7.67. The number of imidazole rings is 1. The van der Waals surface area contributed by atoms with E-state index in [1.807, 2.05) is 131 Å². The molecule has 2 saturated heterocycles. The van der Waals surface area contributed by atoms with Gasteiger partial charge in [-0.1, -0.05) is 80.6 Å². The van der Waals surface area contributed by atoms with Crippen LogP contribution >= 0.6 is 8.53 Å². The van der Waals surface area contributed by atoms with Gasteiger partial charge in [0.2, 0.25) is 0 Å². The molecule has 2 aromatic heterocycles. The van der Waals surface area contributed by atoms with Crippen molar-refractivity contribution < 1.29 is 85.1 Å². The summed E-state index contributed by atoms with van der Waals surface area (Å²) in [5.74, 6) is -0.994. The van der Waals surface area contributed by atoms with Crippen LogP contribution in [-0.2, 0) is 76.5 Å². The second-order valence-corrected chi connectivity index (χ2v) is 23.8. The monoisotopic (exact) mass is 1260 g/mol. The van der Waals surface area contributed by atoms with Crippen molar-refractivity contribution in [1.82, 2.24) is 24.2 Å². The molecule has 1 N–H and O–H groups in total. The van der Waals surface area contributed by atoms with E-state index in [2.05, 4.69) is 33.8 Å². The maximum absolute atomic E-state index is 13.4. The Kier molecular flexibility index (Phi) is 24.2. The summed E-state index contributed by atoms with van der Waals surface area (Å²) in [6, 6.07) is 32.8. The second kappa shape index (κ2) is 31.9. The standard InChI is InChI=1S/C65H81N6O18P/c1-39(2)46-19-25-52(26-20-46)81-36-56(76)69-62-58-63(67-37-66-62)70(38-68-58)57-33-53(54(87-57)35-82-65(47-17-14-13-15-18-47,48-21-27-50(77-11)28-22-48)49-23-29-51(78-12)30-24-49)89-90(71(40(3)4)41(5)6)83-32-16-31-79-64-61(86-45(10)75)60(85-44(9)74)59(84-43(8)73)55(88-64)34-80-42(7)72/h13-15,17-30,37-41,53-55,57,59-61,64H,16,31-36H2,1-12H3,(H,66,67,69,76)/t53-,54+,55+,57+,59+,60-,61+,64+,90?/m0/s1. The van der Waals surface area contributed by atoms with Gasteiger partial charge >= 0.3 is 23.9 Å². The summed E-state index contributed by atoms with van der Waals surface area (Å²) < 4.78 is 84.2. The first-order valence-electron chi connectivity index (χ1n) is 29.8. The number of ether oxygens (including phenoxy) is 11. The zero-order valence-electron chi connectivity index (χ0n) is 52.8. The molecule has 90 heavy (non-hydrogen) atoms. The molecule has 8 rings (SSSR count). The zero-order chi connectivity index (χ0) is 64.6. The third kappa shape index (κ3) is 17.2. The molecule has 0 spiro atoms. The predicted octanol–water partition coefficient (Wildman–Crippen LogP) is 9.52. The van der Waals surface area contributed by atoms with Gasteiger partial charge in [-0.3, -0.25) is 28.5 Å². The van der Waals surface area contributed by atoms with Crippen LogP contribution in [0.2, 0.25) is 0 Å². The molecule has 9 atom stereocenters. The van der Waals surface area contributed by atoms with E-state index in [4.69, 9.17) is 66.1 Å². The van der Waals surface area contributed by atoms with Crippen LogP contribution < -0.4 is 19.5 Å². The van der Waals surface area contributed by atoms with Crippen molar-refractivity contribution in [3.05, 3.63) is 138 Å². The Balaban J connectivity index is 1.10. The molecule has 4 aromatic carbocycles. The lowest BCUT2D eigenvalue weighted by Crippen LogP contribution is -2.63. The second-order valence-electron chi connectivity index (χ2n) is 22.4. The van der Waals surface area contributed by atoms with Crippen molar-refractivity contribution in [3.8, 4) is 17.2 Å². The first-order chi connectivity index (χ1) is 43.2. The van der Waals surface area contributed by atoms with Crippen molar-refractivity contribution in [2.24, 2.45) is 0 Å². The first-order valence-corrected chi connectivity index (χ1v) is 31.0. The normalized spacial score (nSPS) is 20.4. The molecule has 4 heterocycles. The molecule has 0 radical (unpaired) electrons. The lowest BCUT2D eigenvalue weighted by Gasteiger charge is -2.44. The molecule has 1 unspecified atom stereocenters. The molecule has 484 valence electrons. The molecule has 2 aliphatic heterocycles. The topological polar surface area (TPSA) is 264 Å². The van der Waals surface area contributed by atoms with E-state index < -0.39 is 99.7 Å². The fourth-order valence-corrected chi connectivity index (χ4v) is 12.6. The number of nitrogens with zero attached hydrogens (tertiary/aromatic N) is 5. The molecule has 1 amide bonds. The number of methoxy groups -OCH3 is 2. The number of hydrogen-bond acceptors (Lipinski definition) is 22. The number of benzene rings is 4. The van der Waals surface area contributed by atoms with E-state index in [9.17, 15) is 24.0 Å². The summed E-state index contributed by atoms with van der Waals surface area (Å²) in [4.78, 5) is 76.6. The van der Waals surface area contributed by atoms with Gasteiger partial charge in [-0.25, -0.2) is 19.6 Å². The summed E-state index contributed by atoms with van der Waals surface area (Å²) in [6.45, 7) is 16.3. The molecule has 25 heteroatoms. The van der Waals surface area contributed by atoms with Gasteiger partial charge in [-0.15, -0.1) is 0 Å². The summed E-state index contributed by atoms with van der Waals surface area (Å²) in [5.41, 5.74) is 3.04. The van der Waals surface area contributed by atoms with Gasteiger partial charge < -0.3 is 66.5 Å². The van der Waals surface area contributed by atoms with Crippen molar-refractivity contribution >= 4 is 55.3 Å².